The van der Waals surface area contributed by atoms with Gasteiger partial charge in [-0.2, -0.15) is 10.2 Å². The minimum atomic E-state index is -0.993. The molecular weight excluding hydrogens is 302 g/mol. The molecule has 0 bridgehead atoms. The van der Waals surface area contributed by atoms with Crippen molar-refractivity contribution in [2.24, 2.45) is 12.1 Å². The van der Waals surface area contributed by atoms with E-state index in [1.807, 2.05) is 20.2 Å². The number of nitrogens with zero attached hydrogens (tertiary/aromatic N) is 3. The van der Waals surface area contributed by atoms with Crippen molar-refractivity contribution in [3.05, 3.63) is 47.3 Å². The van der Waals surface area contributed by atoms with Crippen LogP contribution in [0.2, 0.25) is 0 Å². The number of carbonyl (C=O) groups is 1. The third-order valence-corrected chi connectivity index (χ3v) is 2.98. The van der Waals surface area contributed by atoms with Crippen molar-refractivity contribution in [3.63, 3.8) is 0 Å². The summed E-state index contributed by atoms with van der Waals surface area (Å²) in [6.45, 7) is 1.88. The number of aromatic carboxylic acids is 1. The molecule has 0 aliphatic rings. The van der Waals surface area contributed by atoms with E-state index in [1.165, 1.54) is 12.1 Å². The van der Waals surface area contributed by atoms with Crippen LogP contribution in [0, 0.1) is 6.92 Å². The average molecular weight is 317 g/mol. The van der Waals surface area contributed by atoms with Gasteiger partial charge in [0.25, 0.3) is 0 Å². The fraction of sp³-hybridized carbons (Fsp3) is 0.143. The van der Waals surface area contributed by atoms with Crippen molar-refractivity contribution in [3.8, 4) is 0 Å². The van der Waals surface area contributed by atoms with Gasteiger partial charge in [-0.1, -0.05) is 6.07 Å². The molecule has 0 amide bonds. The van der Waals surface area contributed by atoms with Crippen molar-refractivity contribution < 1.29 is 9.90 Å². The Bertz CT molecular complexity index is 739. The molecular formula is C14H15N5O2S. The molecule has 0 atom stereocenters. The summed E-state index contributed by atoms with van der Waals surface area (Å²) in [5.41, 5.74) is 5.17. The van der Waals surface area contributed by atoms with E-state index in [1.54, 1.807) is 23.0 Å². The van der Waals surface area contributed by atoms with E-state index >= 15 is 0 Å². The SMILES string of the molecule is Cc1nn(C)cc1/C=N\NC(=S)Nc1cccc(C(=O)O)c1. The van der Waals surface area contributed by atoms with Crippen molar-refractivity contribution in [2.75, 3.05) is 5.32 Å². The van der Waals surface area contributed by atoms with Gasteiger partial charge in [-0.15, -0.1) is 0 Å². The second kappa shape index (κ2) is 6.81. The van der Waals surface area contributed by atoms with Gasteiger partial charge in [0, 0.05) is 24.5 Å². The van der Waals surface area contributed by atoms with Gasteiger partial charge in [-0.3, -0.25) is 10.1 Å². The number of nitrogens with one attached hydrogen (secondary N) is 2. The quantitative estimate of drug-likeness (QED) is 0.452. The molecule has 8 heteroatoms. The van der Waals surface area contributed by atoms with Gasteiger partial charge in [0.2, 0.25) is 0 Å². The van der Waals surface area contributed by atoms with Gasteiger partial charge in [0.15, 0.2) is 5.11 Å². The molecule has 0 saturated heterocycles. The van der Waals surface area contributed by atoms with E-state index in [-0.39, 0.29) is 10.7 Å². The fourth-order valence-electron chi connectivity index (χ4n) is 1.79. The maximum atomic E-state index is 10.9. The first kappa shape index (κ1) is 15.6. The molecule has 0 unspecified atom stereocenters. The molecule has 2 rings (SSSR count). The predicted octanol–water partition coefficient (Wildman–Crippen LogP) is 1.75. The molecule has 3 N–H and O–H groups in total. The minimum absolute atomic E-state index is 0.183. The Morgan fingerprint density at radius 2 is 2.27 bits per heavy atom. The number of hydrogen-bond acceptors (Lipinski definition) is 4. The van der Waals surface area contributed by atoms with Crippen LogP contribution in [0.15, 0.2) is 35.6 Å². The molecule has 7 nitrogen and oxygen atoms in total. The Kier molecular flexibility index (Phi) is 4.84. The van der Waals surface area contributed by atoms with Crippen molar-refractivity contribution in [1.29, 1.82) is 0 Å². The standard InChI is InChI=1S/C14H15N5O2S/c1-9-11(8-19(2)18-9)7-15-17-14(22)16-12-5-3-4-10(6-12)13(20)21/h3-8H,1-2H3,(H,20,21)(H2,16,17,22)/b15-7-. The van der Waals surface area contributed by atoms with Gasteiger partial charge < -0.3 is 10.4 Å². The van der Waals surface area contributed by atoms with Gasteiger partial charge >= 0.3 is 5.97 Å². The zero-order valence-electron chi connectivity index (χ0n) is 12.1. The third-order valence-electron chi connectivity index (χ3n) is 2.79. The summed E-state index contributed by atoms with van der Waals surface area (Å²) >= 11 is 5.09. The lowest BCUT2D eigenvalue weighted by Crippen LogP contribution is -2.24. The average Bonchev–Trinajstić information content (AvgIpc) is 2.77. The normalized spacial score (nSPS) is 10.6. The van der Waals surface area contributed by atoms with Crippen molar-refractivity contribution in [2.45, 2.75) is 6.92 Å². The van der Waals surface area contributed by atoms with Crippen molar-refractivity contribution in [1.82, 2.24) is 15.2 Å². The minimum Gasteiger partial charge on any atom is -0.478 e. The Hall–Kier alpha value is -2.74. The third kappa shape index (κ3) is 4.13. The Labute approximate surface area is 132 Å². The molecule has 2 aromatic rings. The molecule has 1 aromatic carbocycles. The number of anilines is 1. The zero-order valence-corrected chi connectivity index (χ0v) is 12.9. The first-order chi connectivity index (χ1) is 10.5. The van der Waals surface area contributed by atoms with E-state index < -0.39 is 5.97 Å². The lowest BCUT2D eigenvalue weighted by Gasteiger charge is -2.07. The van der Waals surface area contributed by atoms with Crippen LogP contribution < -0.4 is 10.7 Å². The monoisotopic (exact) mass is 317 g/mol. The number of hydrazone groups is 1. The molecule has 0 aliphatic heterocycles. The van der Waals surface area contributed by atoms with Crippen LogP contribution in [0.3, 0.4) is 0 Å². The molecule has 114 valence electrons. The molecule has 0 fully saturated rings. The maximum Gasteiger partial charge on any atom is 0.335 e. The highest BCUT2D eigenvalue weighted by Gasteiger charge is 2.04. The molecule has 1 aromatic heterocycles. The summed E-state index contributed by atoms with van der Waals surface area (Å²) in [6.07, 6.45) is 3.46. The lowest BCUT2D eigenvalue weighted by atomic mass is 10.2. The molecule has 0 spiro atoms. The number of thiocarbonyl (C=S) groups is 1. The summed E-state index contributed by atoms with van der Waals surface area (Å²) in [6, 6.07) is 6.35. The summed E-state index contributed by atoms with van der Waals surface area (Å²) in [5.74, 6) is -0.993. The molecule has 1 heterocycles. The Morgan fingerprint density at radius 3 is 2.91 bits per heavy atom. The van der Waals surface area contributed by atoms with Crippen LogP contribution >= 0.6 is 12.2 Å². The first-order valence-electron chi connectivity index (χ1n) is 6.39. The van der Waals surface area contributed by atoms with Crippen molar-refractivity contribution >= 4 is 35.2 Å². The molecule has 22 heavy (non-hydrogen) atoms. The number of carboxylic acids is 1. The highest BCUT2D eigenvalue weighted by molar-refractivity contribution is 7.80. The van der Waals surface area contributed by atoms with Crippen LogP contribution in [0.5, 0.6) is 0 Å². The second-order valence-electron chi connectivity index (χ2n) is 4.55. The fourth-order valence-corrected chi connectivity index (χ4v) is 1.96. The summed E-state index contributed by atoms with van der Waals surface area (Å²) in [7, 11) is 1.83. The van der Waals surface area contributed by atoms with E-state index in [4.69, 9.17) is 17.3 Å². The number of carboxylic acid groups (broad SMARTS) is 1. The summed E-state index contributed by atoms with van der Waals surface area (Å²) in [5, 5.41) is 20.3. The van der Waals surface area contributed by atoms with Crippen LogP contribution in [0.25, 0.3) is 0 Å². The highest BCUT2D eigenvalue weighted by Crippen LogP contribution is 2.10. The van der Waals surface area contributed by atoms with Crippen LogP contribution in [-0.2, 0) is 7.05 Å². The number of benzene rings is 1. The van der Waals surface area contributed by atoms with E-state index in [0.717, 1.165) is 11.3 Å². The smallest absolute Gasteiger partial charge is 0.335 e. The second-order valence-corrected chi connectivity index (χ2v) is 4.96. The number of rotatable bonds is 4. The first-order valence-corrected chi connectivity index (χ1v) is 6.80. The van der Waals surface area contributed by atoms with Gasteiger partial charge in [0.05, 0.1) is 17.5 Å². The Balaban J connectivity index is 1.94. The molecule has 0 aliphatic carbocycles. The number of aryl methyl sites for hydroxylation is 2. The Morgan fingerprint density at radius 1 is 1.50 bits per heavy atom. The molecule has 0 radical (unpaired) electrons. The predicted molar refractivity (Wildman–Crippen MR) is 88.3 cm³/mol. The van der Waals surface area contributed by atoms with Crippen LogP contribution in [0.4, 0.5) is 5.69 Å². The topological polar surface area (TPSA) is 91.5 Å². The van der Waals surface area contributed by atoms with E-state index in [0.29, 0.717) is 5.69 Å². The van der Waals surface area contributed by atoms with Crippen LogP contribution in [0.1, 0.15) is 21.6 Å². The number of hydrogen-bond donors (Lipinski definition) is 3. The van der Waals surface area contributed by atoms with Gasteiger partial charge in [0.1, 0.15) is 0 Å². The number of aromatic nitrogens is 2. The van der Waals surface area contributed by atoms with Gasteiger partial charge in [-0.05, 0) is 37.3 Å². The lowest BCUT2D eigenvalue weighted by molar-refractivity contribution is 0.0697. The van der Waals surface area contributed by atoms with Crippen LogP contribution in [-0.4, -0.2) is 32.2 Å². The zero-order chi connectivity index (χ0) is 16.1. The van der Waals surface area contributed by atoms with Gasteiger partial charge in [-0.25, -0.2) is 4.79 Å². The molecule has 0 saturated carbocycles. The summed E-state index contributed by atoms with van der Waals surface area (Å²) < 4.78 is 1.70. The highest BCUT2D eigenvalue weighted by atomic mass is 32.1. The van der Waals surface area contributed by atoms with E-state index in [9.17, 15) is 4.79 Å². The van der Waals surface area contributed by atoms with E-state index in [2.05, 4.69) is 20.9 Å². The maximum absolute atomic E-state index is 10.9. The summed E-state index contributed by atoms with van der Waals surface area (Å²) in [4.78, 5) is 10.9. The largest absolute Gasteiger partial charge is 0.478 e.